The summed E-state index contributed by atoms with van der Waals surface area (Å²) in [4.78, 5) is 69.6. The van der Waals surface area contributed by atoms with E-state index >= 15 is 0 Å². The first-order chi connectivity index (χ1) is 24.6. The molecule has 0 amide bonds. The van der Waals surface area contributed by atoms with E-state index in [4.69, 9.17) is 23.7 Å². The van der Waals surface area contributed by atoms with E-state index in [1.807, 2.05) is 0 Å². The molecule has 2 aromatic rings. The van der Waals surface area contributed by atoms with Crippen LogP contribution in [-0.4, -0.2) is 125 Å². The second kappa shape index (κ2) is 12.6. The molecule has 0 saturated carbocycles. The molecule has 3 aliphatic carbocycles. The maximum Gasteiger partial charge on any atom is 0.341 e. The highest BCUT2D eigenvalue weighted by Gasteiger charge is 2.72. The molecule has 2 aromatic carbocycles. The van der Waals surface area contributed by atoms with Crippen molar-refractivity contribution in [2.24, 2.45) is 10.3 Å². The number of nitrogens with zero attached hydrogens (tertiary/aromatic N) is 2. The van der Waals surface area contributed by atoms with Crippen molar-refractivity contribution < 1.29 is 73.4 Å². The standard InChI is InChI=1S/C34H33N3O15/c1-11-7-13-8-18(36-46)34(51-6)30(43)21-15(29(42)33(34,45)22(13)26(41)19(11)32(44)50-5)9-14-20(25(21)40)17(38)10-16(24(14)39)35-31-28(49-4)23(37-47)27(48-3)12(2)52-31/h7,9-10,12,27-28,31,35,40-41,45-47H,8H2,1-6H3/b36-18+,37-23-/t12-,27-,28+,31-,33-,34+/m0/s1. The number of ketones is 4. The van der Waals surface area contributed by atoms with Crippen LogP contribution in [0.1, 0.15) is 75.4 Å². The summed E-state index contributed by atoms with van der Waals surface area (Å²) >= 11 is 0. The normalized spacial score (nSPS) is 29.6. The Labute approximate surface area is 293 Å². The van der Waals surface area contributed by atoms with Gasteiger partial charge in [-0.3, -0.25) is 19.2 Å². The SMILES string of the molecule is COC(=O)c1c(C)cc2c(c1O)[C@]1(O)C(=O)c3cc4c(c(O)c3C(=O)[C@]1(OC)/C(=N/O)C2)C(=O)C=C(N[C@H]1O[C@@H](C)[C@H](OC)/C(=N/O)[C@H]1OC)C4=O. The number of oxime groups is 2. The number of carbonyl (C=O) groups excluding carboxylic acids is 5. The van der Waals surface area contributed by atoms with Gasteiger partial charge in [-0.1, -0.05) is 16.4 Å². The number of allylic oxidation sites excluding steroid dienone is 2. The average molecular weight is 724 g/mol. The number of esters is 1. The van der Waals surface area contributed by atoms with E-state index < -0.39 is 128 Å². The zero-order valence-corrected chi connectivity index (χ0v) is 28.5. The fraction of sp³-hybridized carbons (Fsp3) is 0.382. The first-order valence-electron chi connectivity index (χ1n) is 15.6. The summed E-state index contributed by atoms with van der Waals surface area (Å²) in [6.07, 6.45) is -3.62. The summed E-state index contributed by atoms with van der Waals surface area (Å²) < 4.78 is 27.0. The lowest BCUT2D eigenvalue weighted by molar-refractivity contribution is -0.129. The average Bonchev–Trinajstić information content (AvgIpc) is 3.11. The monoisotopic (exact) mass is 723 g/mol. The number of fused-ring (bicyclic) bond motifs is 5. The number of methoxy groups -OCH3 is 4. The van der Waals surface area contributed by atoms with E-state index in [1.165, 1.54) is 27.2 Å². The van der Waals surface area contributed by atoms with Gasteiger partial charge in [0.2, 0.25) is 23.0 Å². The third-order valence-electron chi connectivity index (χ3n) is 10.0. The molecule has 1 heterocycles. The Hall–Kier alpha value is -5.53. The van der Waals surface area contributed by atoms with Gasteiger partial charge in [0.25, 0.3) is 0 Å². The number of carbonyl (C=O) groups is 5. The number of aryl methyl sites for hydroxylation is 1. The van der Waals surface area contributed by atoms with Crippen molar-refractivity contribution in [3.05, 3.63) is 68.4 Å². The molecule has 6 N–H and O–H groups in total. The number of hydrogen-bond acceptors (Lipinski definition) is 18. The lowest BCUT2D eigenvalue weighted by Crippen LogP contribution is -2.71. The molecule has 6 rings (SSSR count). The predicted molar refractivity (Wildman–Crippen MR) is 173 cm³/mol. The van der Waals surface area contributed by atoms with Crippen LogP contribution in [0.5, 0.6) is 11.5 Å². The largest absolute Gasteiger partial charge is 0.507 e. The topological polar surface area (TPSA) is 269 Å². The molecule has 18 nitrogen and oxygen atoms in total. The third kappa shape index (κ3) is 4.51. The van der Waals surface area contributed by atoms with Crippen molar-refractivity contribution in [3.8, 4) is 11.5 Å². The van der Waals surface area contributed by atoms with Gasteiger partial charge < -0.3 is 54.7 Å². The summed E-state index contributed by atoms with van der Waals surface area (Å²) in [6, 6.07) is 2.14. The van der Waals surface area contributed by atoms with Crippen LogP contribution < -0.4 is 5.32 Å². The molecule has 274 valence electrons. The molecule has 6 atom stereocenters. The highest BCUT2D eigenvalue weighted by molar-refractivity contribution is 6.36. The van der Waals surface area contributed by atoms with Crippen LogP contribution in [0.15, 0.2) is 34.2 Å². The minimum absolute atomic E-state index is 0.00915. The number of aliphatic hydroxyl groups is 1. The number of rotatable bonds is 6. The Balaban J connectivity index is 1.54. The maximum atomic E-state index is 14.7. The van der Waals surface area contributed by atoms with E-state index in [0.717, 1.165) is 26.4 Å². The van der Waals surface area contributed by atoms with Gasteiger partial charge in [-0.15, -0.1) is 0 Å². The smallest absolute Gasteiger partial charge is 0.341 e. The molecule has 1 aliphatic heterocycles. The summed E-state index contributed by atoms with van der Waals surface area (Å²) in [7, 11) is 4.56. The molecule has 52 heavy (non-hydrogen) atoms. The molecule has 0 aromatic heterocycles. The number of phenols is 2. The van der Waals surface area contributed by atoms with Gasteiger partial charge in [0, 0.05) is 50.5 Å². The maximum absolute atomic E-state index is 14.7. The first-order valence-corrected chi connectivity index (χ1v) is 15.6. The molecule has 4 aliphatic rings. The van der Waals surface area contributed by atoms with Crippen LogP contribution in [0.2, 0.25) is 0 Å². The number of hydrogen-bond donors (Lipinski definition) is 6. The Morgan fingerprint density at radius 3 is 2.19 bits per heavy atom. The van der Waals surface area contributed by atoms with Crippen molar-refractivity contribution >= 4 is 40.5 Å². The Bertz CT molecular complexity index is 2090. The number of aromatic hydroxyl groups is 2. The number of Topliss-reactive ketones (excluding diaryl/α,β-unsaturated/α-hetero) is 3. The molecule has 18 heteroatoms. The summed E-state index contributed by atoms with van der Waals surface area (Å²) in [5, 5.41) is 64.6. The number of nitrogens with one attached hydrogen (secondary N) is 1. The molecule has 0 unspecified atom stereocenters. The van der Waals surface area contributed by atoms with Gasteiger partial charge in [0.05, 0.1) is 30.0 Å². The van der Waals surface area contributed by atoms with E-state index in [0.29, 0.717) is 0 Å². The van der Waals surface area contributed by atoms with Crippen molar-refractivity contribution in [1.82, 2.24) is 5.32 Å². The fourth-order valence-electron chi connectivity index (χ4n) is 7.76. The van der Waals surface area contributed by atoms with Gasteiger partial charge >= 0.3 is 5.97 Å². The Morgan fingerprint density at radius 2 is 1.62 bits per heavy atom. The molecule has 0 bridgehead atoms. The van der Waals surface area contributed by atoms with Gasteiger partial charge in [-0.05, 0) is 31.0 Å². The molecular formula is C34H33N3O15. The van der Waals surface area contributed by atoms with Crippen LogP contribution in [0.3, 0.4) is 0 Å². The zero-order valence-electron chi connectivity index (χ0n) is 28.5. The summed E-state index contributed by atoms with van der Waals surface area (Å²) in [5.74, 6) is -7.86. The van der Waals surface area contributed by atoms with Crippen molar-refractivity contribution in [3.63, 3.8) is 0 Å². The summed E-state index contributed by atoms with van der Waals surface area (Å²) in [5.41, 5.74) is -11.1. The fourth-order valence-corrected chi connectivity index (χ4v) is 7.76. The molecule has 0 spiro atoms. The minimum Gasteiger partial charge on any atom is -0.507 e. The van der Waals surface area contributed by atoms with Crippen LogP contribution >= 0.6 is 0 Å². The number of ether oxygens (including phenoxy) is 5. The van der Waals surface area contributed by atoms with Crippen LogP contribution in [-0.2, 0) is 35.7 Å². The number of phenolic OH excluding ortho intramolecular Hbond substituents is 2. The highest BCUT2D eigenvalue weighted by Crippen LogP contribution is 2.55. The van der Waals surface area contributed by atoms with E-state index in [1.54, 1.807) is 6.92 Å². The highest BCUT2D eigenvalue weighted by atomic mass is 16.6. The minimum atomic E-state index is -3.28. The second-order valence-electron chi connectivity index (χ2n) is 12.5. The van der Waals surface area contributed by atoms with E-state index in [2.05, 4.69) is 15.6 Å². The van der Waals surface area contributed by atoms with Gasteiger partial charge in [0.15, 0.2) is 17.6 Å². The Kier molecular flexibility index (Phi) is 8.79. The lowest BCUT2D eigenvalue weighted by Gasteiger charge is -2.50. The van der Waals surface area contributed by atoms with Crippen LogP contribution in [0.4, 0.5) is 0 Å². The second-order valence-corrected chi connectivity index (χ2v) is 12.5. The van der Waals surface area contributed by atoms with Gasteiger partial charge in [-0.2, -0.15) is 0 Å². The molecule has 1 saturated heterocycles. The first kappa shape index (κ1) is 36.3. The number of benzene rings is 2. The van der Waals surface area contributed by atoms with Crippen LogP contribution in [0.25, 0.3) is 0 Å². The lowest BCUT2D eigenvalue weighted by atomic mass is 9.57. The summed E-state index contributed by atoms with van der Waals surface area (Å²) in [6.45, 7) is 3.03. The Morgan fingerprint density at radius 1 is 0.942 bits per heavy atom. The van der Waals surface area contributed by atoms with Crippen molar-refractivity contribution in [2.75, 3.05) is 28.4 Å². The molecule has 0 radical (unpaired) electrons. The van der Waals surface area contributed by atoms with Crippen molar-refractivity contribution in [2.45, 2.75) is 56.0 Å². The molecular weight excluding hydrogens is 690 g/mol. The van der Waals surface area contributed by atoms with Crippen molar-refractivity contribution in [1.29, 1.82) is 0 Å². The molecule has 1 fully saturated rings. The van der Waals surface area contributed by atoms with Gasteiger partial charge in [-0.25, -0.2) is 4.79 Å². The predicted octanol–water partition coefficient (Wildman–Crippen LogP) is 0.689. The van der Waals surface area contributed by atoms with Crippen LogP contribution in [0, 0.1) is 6.92 Å². The van der Waals surface area contributed by atoms with Gasteiger partial charge in [0.1, 0.15) is 40.7 Å². The van der Waals surface area contributed by atoms with E-state index in [-0.39, 0.29) is 16.8 Å². The van der Waals surface area contributed by atoms with E-state index in [9.17, 15) is 49.7 Å². The zero-order chi connectivity index (χ0) is 38.2. The quantitative estimate of drug-likeness (QED) is 0.136. The third-order valence-corrected chi connectivity index (χ3v) is 10.0.